The molecule has 10 heterocycles. The number of nitriles is 4. The number of benzene rings is 12. The van der Waals surface area contributed by atoms with Gasteiger partial charge in [-0.05, 0) is 403 Å². The third-order valence-electron chi connectivity index (χ3n) is 29.3. The van der Waals surface area contributed by atoms with Crippen molar-refractivity contribution in [2.24, 2.45) is 35.2 Å². The molecule has 0 amide bonds. The quantitative estimate of drug-likeness (QED) is 0.0934. The van der Waals surface area contributed by atoms with Crippen LogP contribution in [0.4, 0.5) is 0 Å². The normalized spacial score (nSPS) is 11.0. The van der Waals surface area contributed by atoms with E-state index in [9.17, 15) is 21.0 Å². The first kappa shape index (κ1) is 102. The van der Waals surface area contributed by atoms with Crippen molar-refractivity contribution in [1.82, 2.24) is 45.7 Å². The van der Waals surface area contributed by atoms with Gasteiger partial charge in [0.15, 0.2) is 34.5 Å². The van der Waals surface area contributed by atoms with Gasteiger partial charge in [0.2, 0.25) is 11.4 Å². The van der Waals surface area contributed by atoms with Crippen LogP contribution in [0.25, 0.3) is 136 Å². The molecule has 0 saturated heterocycles. The molecule has 19 heteroatoms. The summed E-state index contributed by atoms with van der Waals surface area (Å²) in [6, 6.07) is 107. The Kier molecular flexibility index (Phi) is 28.7. The van der Waals surface area contributed by atoms with Crippen LogP contribution in [0.1, 0.15) is 129 Å². The molecule has 12 aromatic carbocycles. The Morgan fingerprint density at radius 3 is 0.807 bits per heavy atom. The molecule has 0 aliphatic carbocycles. The summed E-state index contributed by atoms with van der Waals surface area (Å²) in [7, 11) is 10.2. The van der Waals surface area contributed by atoms with E-state index < -0.39 is 0 Å². The van der Waals surface area contributed by atoms with E-state index in [0.717, 1.165) is 79.2 Å². The zero-order valence-corrected chi connectivity index (χ0v) is 90.3. The lowest BCUT2D eigenvalue weighted by atomic mass is 10.0. The zero-order valence-electron chi connectivity index (χ0n) is 90.3. The molecule has 22 aromatic rings. The Hall–Kier alpha value is -18.4. The van der Waals surface area contributed by atoms with Crippen molar-refractivity contribution < 1.29 is 22.8 Å². The standard InChI is InChI=1S/C29H30N3.C27H26N3.C26H27N4.C25H22N5.C24H23N4/c1-19-11-7-8-12-25(19)29-30(6)26-13-9-10-14-27(26)32(29)28-20(2)17-24(18-21(28)3)31-22(4)15-16-23(31)5;1-19-11-5-6-12-23(19)27-28(4)24-13-7-8-14-25(24)30(27)26-20(2)17-22(18-21(26)3)29-15-9-10-16-29;1-17-9-7-8-10-24(17)26-28(6)23(15-27)16-29(26)25-18(2)13-22(14-19(25)3)30-20(4)11-12-21(30)5;1-17-7-8-20(14-26)13-23(17)25-28(4)22(15-27)16-30(25)24-18(2)11-21(12-19(24)3)29-9-5-6-10-29;1-17-7-8-20(16-25)15-22(17)24-26(4)11-12-28(24)23-18(2)13-21(14-19(23)3)27-9-5-6-10-27/h7-18H,1-6H3;5-18H,1-4H3;7-14,16H,1-6H3;5-13,16H,1-4H3;5-15H,1-4H3/q5*+1. The van der Waals surface area contributed by atoms with Gasteiger partial charge < -0.3 is 22.8 Å². The molecule has 0 spiro atoms. The van der Waals surface area contributed by atoms with E-state index in [4.69, 9.17) is 0 Å². The van der Waals surface area contributed by atoms with E-state index in [1.807, 2.05) is 135 Å². The molecule has 0 N–H and O–H groups in total. The summed E-state index contributed by atoms with van der Waals surface area (Å²) in [5.74, 6) is 5.36. The lowest BCUT2D eigenvalue weighted by Gasteiger charge is -2.15. The molecule has 19 nitrogen and oxygen atoms in total. The van der Waals surface area contributed by atoms with Crippen LogP contribution in [-0.4, -0.2) is 45.7 Å². The molecule has 0 atom stereocenters. The molecular formula is C131H128N19+5. The van der Waals surface area contributed by atoms with Crippen molar-refractivity contribution >= 4 is 22.1 Å². The summed E-state index contributed by atoms with van der Waals surface area (Å²) in [5, 5.41) is 38.1. The molecule has 0 unspecified atom stereocenters. The first-order chi connectivity index (χ1) is 72.2. The highest BCUT2D eigenvalue weighted by molar-refractivity contribution is 5.83. The first-order valence-corrected chi connectivity index (χ1v) is 50.8. The molecule has 22 rings (SSSR count). The zero-order chi connectivity index (χ0) is 106. The van der Waals surface area contributed by atoms with Gasteiger partial charge in [0.25, 0.3) is 29.1 Å². The number of hydrogen-bond donors (Lipinski definition) is 0. The van der Waals surface area contributed by atoms with Crippen LogP contribution in [-0.2, 0) is 35.2 Å². The van der Waals surface area contributed by atoms with Gasteiger partial charge in [0.1, 0.15) is 53.0 Å². The highest BCUT2D eigenvalue weighted by Gasteiger charge is 2.36. The van der Waals surface area contributed by atoms with E-state index in [1.165, 1.54) is 163 Å². The summed E-state index contributed by atoms with van der Waals surface area (Å²) >= 11 is 0. The predicted octanol–water partition coefficient (Wildman–Crippen LogP) is 26.5. The number of hydrogen-bond acceptors (Lipinski definition) is 4. The van der Waals surface area contributed by atoms with Crippen molar-refractivity contribution in [2.75, 3.05) is 0 Å². The Bertz CT molecular complexity index is 9000. The number of para-hydroxylation sites is 4. The van der Waals surface area contributed by atoms with E-state index >= 15 is 0 Å². The van der Waals surface area contributed by atoms with Crippen molar-refractivity contribution in [3.05, 3.63) is 470 Å². The summed E-state index contributed by atoms with van der Waals surface area (Å²) in [5.41, 5.74) is 47.6. The Balaban J connectivity index is 0.000000122. The number of fused-ring (bicyclic) bond motifs is 2. The Morgan fingerprint density at radius 2 is 0.487 bits per heavy atom. The Morgan fingerprint density at radius 1 is 0.213 bits per heavy atom. The molecule has 10 aromatic heterocycles. The average Bonchev–Trinajstić information content (AvgIpc) is 1.58. The van der Waals surface area contributed by atoms with Gasteiger partial charge in [0, 0.05) is 88.4 Å². The molecule has 0 aliphatic heterocycles. The van der Waals surface area contributed by atoms with Gasteiger partial charge in [-0.15, -0.1) is 0 Å². The molecule has 0 fully saturated rings. The van der Waals surface area contributed by atoms with E-state index in [1.54, 1.807) is 0 Å². The first-order valence-electron chi connectivity index (χ1n) is 50.8. The Labute approximate surface area is 880 Å². The minimum absolute atomic E-state index is 0.556. The van der Waals surface area contributed by atoms with Crippen molar-refractivity contribution in [3.63, 3.8) is 0 Å². The third-order valence-corrected chi connectivity index (χ3v) is 29.3. The maximum Gasteiger partial charge on any atom is 0.295 e. The fraction of sp³-hybridized carbons (Fsp3) is 0.183. The smallest absolute Gasteiger partial charge is 0.295 e. The summed E-state index contributed by atoms with van der Waals surface area (Å²) < 4.78 is 33.0. The van der Waals surface area contributed by atoms with Gasteiger partial charge in [-0.3, -0.25) is 0 Å². The van der Waals surface area contributed by atoms with Crippen molar-refractivity contribution in [3.8, 4) is 138 Å². The largest absolute Gasteiger partial charge is 0.324 e. The molecule has 0 saturated carbocycles. The second-order valence-electron chi connectivity index (χ2n) is 39.8. The second-order valence-corrected chi connectivity index (χ2v) is 39.8. The molecular weight excluding hydrogens is 1840 g/mol. The van der Waals surface area contributed by atoms with Crippen LogP contribution >= 0.6 is 0 Å². The van der Waals surface area contributed by atoms with E-state index in [2.05, 4.69) is 466 Å². The topological polar surface area (TPSA) is 164 Å². The number of imidazole rings is 5. The van der Waals surface area contributed by atoms with Gasteiger partial charge >= 0.3 is 0 Å². The number of aromatic nitrogens is 15. The number of rotatable bonds is 15. The second kappa shape index (κ2) is 42.3. The van der Waals surface area contributed by atoms with Gasteiger partial charge in [0.05, 0.1) is 86.3 Å². The maximum absolute atomic E-state index is 9.70. The molecule has 0 aliphatic rings. The summed E-state index contributed by atoms with van der Waals surface area (Å²) in [6.45, 7) is 40.9. The predicted molar refractivity (Wildman–Crippen MR) is 602 cm³/mol. The number of aryl methyl sites for hydroxylation is 22. The van der Waals surface area contributed by atoms with Crippen LogP contribution in [0.5, 0.6) is 0 Å². The van der Waals surface area contributed by atoms with E-state index in [-0.39, 0.29) is 0 Å². The average molecular weight is 1970 g/mol. The monoisotopic (exact) mass is 1970 g/mol. The van der Waals surface area contributed by atoms with Crippen LogP contribution in [0, 0.1) is 177 Å². The van der Waals surface area contributed by atoms with Crippen LogP contribution in [0.3, 0.4) is 0 Å². The van der Waals surface area contributed by atoms with Crippen molar-refractivity contribution in [2.45, 2.75) is 132 Å². The molecule has 0 bridgehead atoms. The van der Waals surface area contributed by atoms with Gasteiger partial charge in [-0.1, -0.05) is 91.0 Å². The molecule has 150 heavy (non-hydrogen) atoms. The van der Waals surface area contributed by atoms with Crippen molar-refractivity contribution in [1.29, 1.82) is 21.0 Å². The molecule has 0 radical (unpaired) electrons. The fourth-order valence-electron chi connectivity index (χ4n) is 22.1. The highest BCUT2D eigenvalue weighted by atomic mass is 15.2. The van der Waals surface area contributed by atoms with Crippen LogP contribution < -0.4 is 22.8 Å². The minimum Gasteiger partial charge on any atom is -0.324 e. The SMILES string of the molecule is Cc1ccc(C#N)cc1-c1n(-c2c(C)cc(-n3cccc3)cc2C)cc(C#N)[n+]1C.Cc1ccc(C#N)cc1-c1n(-c2c(C)cc(-n3cccc3)cc2C)cc[n+]1C.Cc1ccccc1-c1n(-c2c(C)cc(-n3c(C)ccc3C)cc2C)c2ccccc2[n+]1C.Cc1ccccc1-c1n(-c2c(C)cc(-n3c(C)ccc3C)cc2C)cc(C#N)[n+]1C.Cc1ccccc1-c1n(-c2c(C)cc(-n3cccc3)cc2C)c2ccccc2[n+]1C. The lowest BCUT2D eigenvalue weighted by Crippen LogP contribution is -2.33. The van der Waals surface area contributed by atoms with Crippen LogP contribution in [0.15, 0.2) is 341 Å². The number of nitrogens with zero attached hydrogens (tertiary/aromatic N) is 19. The van der Waals surface area contributed by atoms with Crippen LogP contribution in [0.2, 0.25) is 0 Å². The van der Waals surface area contributed by atoms with Gasteiger partial charge in [-0.25, -0.2) is 22.8 Å². The third kappa shape index (κ3) is 19.1. The maximum atomic E-state index is 9.70. The summed E-state index contributed by atoms with van der Waals surface area (Å²) in [6.07, 6.45) is 20.3. The molecule has 742 valence electrons. The summed E-state index contributed by atoms with van der Waals surface area (Å²) in [4.78, 5) is 0. The van der Waals surface area contributed by atoms with Gasteiger partial charge in [-0.2, -0.15) is 43.9 Å². The van der Waals surface area contributed by atoms with E-state index in [0.29, 0.717) is 22.5 Å². The minimum atomic E-state index is 0.556. The highest BCUT2D eigenvalue weighted by Crippen LogP contribution is 2.40. The lowest BCUT2D eigenvalue weighted by molar-refractivity contribution is -0.662. The fourth-order valence-corrected chi connectivity index (χ4v) is 22.1.